The van der Waals surface area contributed by atoms with Crippen LogP contribution in [0.25, 0.3) is 39.1 Å². The number of hydrogen-bond acceptors (Lipinski definition) is 4. The molecule has 0 aliphatic rings. The second-order valence-corrected chi connectivity index (χ2v) is 6.90. The molecular formula is C19H14N4OS. The Morgan fingerprint density at radius 2 is 2.04 bits per heavy atom. The maximum absolute atomic E-state index is 9.25. The molecule has 0 atom stereocenters. The molecule has 5 heterocycles. The lowest BCUT2D eigenvalue weighted by Crippen LogP contribution is -1.84. The largest absolute Gasteiger partial charge is 0.391 e. The van der Waals surface area contributed by atoms with Gasteiger partial charge in [0, 0.05) is 40.6 Å². The minimum absolute atomic E-state index is 0.0801. The lowest BCUT2D eigenvalue weighted by atomic mass is 10.1. The van der Waals surface area contributed by atoms with Gasteiger partial charge in [-0.3, -0.25) is 0 Å². The van der Waals surface area contributed by atoms with Crippen LogP contribution in [0.15, 0.2) is 60.5 Å². The normalized spacial score (nSPS) is 11.6. The highest BCUT2D eigenvalue weighted by atomic mass is 32.1. The van der Waals surface area contributed by atoms with E-state index >= 15 is 0 Å². The summed E-state index contributed by atoms with van der Waals surface area (Å²) in [5.74, 6) is 0. The third kappa shape index (κ3) is 2.43. The molecular weight excluding hydrogens is 332 g/mol. The fraction of sp³-hybridized carbons (Fsp3) is 0.0526. The summed E-state index contributed by atoms with van der Waals surface area (Å²) in [4.78, 5) is 13.2. The summed E-state index contributed by atoms with van der Waals surface area (Å²) >= 11 is 1.57. The number of pyridine rings is 2. The van der Waals surface area contributed by atoms with Crippen LogP contribution in [-0.4, -0.2) is 24.5 Å². The van der Waals surface area contributed by atoms with Gasteiger partial charge in [0.25, 0.3) is 0 Å². The Hall–Kier alpha value is -2.96. The molecule has 0 bridgehead atoms. The van der Waals surface area contributed by atoms with Crippen LogP contribution in [0.1, 0.15) is 4.88 Å². The number of aromatic amines is 1. The van der Waals surface area contributed by atoms with Crippen LogP contribution in [0, 0.1) is 0 Å². The summed E-state index contributed by atoms with van der Waals surface area (Å²) in [6.45, 7) is 0.0801. The topological polar surface area (TPSA) is 66.2 Å². The molecule has 6 heteroatoms. The van der Waals surface area contributed by atoms with Gasteiger partial charge in [0.1, 0.15) is 11.3 Å². The number of nitrogens with zero attached hydrogens (tertiary/aromatic N) is 3. The van der Waals surface area contributed by atoms with Crippen molar-refractivity contribution >= 4 is 28.0 Å². The predicted octanol–water partition coefficient (Wildman–Crippen LogP) is 4.10. The van der Waals surface area contributed by atoms with Gasteiger partial charge in [0.05, 0.1) is 12.3 Å². The molecule has 0 radical (unpaired) electrons. The Morgan fingerprint density at radius 1 is 1.08 bits per heavy atom. The quantitative estimate of drug-likeness (QED) is 0.517. The van der Waals surface area contributed by atoms with Crippen molar-refractivity contribution in [3.63, 3.8) is 0 Å². The van der Waals surface area contributed by atoms with E-state index in [1.165, 1.54) is 0 Å². The molecule has 0 aliphatic heterocycles. The molecule has 5 aromatic rings. The lowest BCUT2D eigenvalue weighted by molar-refractivity contribution is 0.285. The van der Waals surface area contributed by atoms with E-state index in [2.05, 4.69) is 33.7 Å². The van der Waals surface area contributed by atoms with E-state index in [-0.39, 0.29) is 6.61 Å². The Labute approximate surface area is 147 Å². The van der Waals surface area contributed by atoms with Crippen molar-refractivity contribution in [2.24, 2.45) is 0 Å². The van der Waals surface area contributed by atoms with Crippen molar-refractivity contribution in [1.82, 2.24) is 19.4 Å². The molecule has 122 valence electrons. The predicted molar refractivity (Wildman–Crippen MR) is 99.5 cm³/mol. The van der Waals surface area contributed by atoms with Gasteiger partial charge < -0.3 is 14.5 Å². The van der Waals surface area contributed by atoms with Gasteiger partial charge in [-0.25, -0.2) is 9.97 Å². The third-order valence-electron chi connectivity index (χ3n) is 4.29. The van der Waals surface area contributed by atoms with Gasteiger partial charge in [0.15, 0.2) is 0 Å². The molecule has 5 aromatic heterocycles. The minimum atomic E-state index is 0.0801. The third-order valence-corrected chi connectivity index (χ3v) is 5.21. The van der Waals surface area contributed by atoms with Crippen molar-refractivity contribution in [3.8, 4) is 22.4 Å². The summed E-state index contributed by atoms with van der Waals surface area (Å²) in [6, 6.07) is 10.2. The number of aliphatic hydroxyl groups is 1. The number of nitrogens with one attached hydrogen (secondary N) is 1. The molecule has 0 saturated carbocycles. The number of fused-ring (bicyclic) bond motifs is 2. The maximum Gasteiger partial charge on any atom is 0.137 e. The molecule has 0 aromatic carbocycles. The van der Waals surface area contributed by atoms with Gasteiger partial charge in [-0.05, 0) is 46.8 Å². The first-order valence-electron chi connectivity index (χ1n) is 7.91. The molecule has 5 rings (SSSR count). The van der Waals surface area contributed by atoms with Crippen molar-refractivity contribution in [1.29, 1.82) is 0 Å². The number of aromatic nitrogens is 4. The van der Waals surface area contributed by atoms with Crippen LogP contribution < -0.4 is 0 Å². The van der Waals surface area contributed by atoms with Crippen LogP contribution in [0.5, 0.6) is 0 Å². The molecule has 0 spiro atoms. The average Bonchev–Trinajstić information content (AvgIpc) is 3.37. The van der Waals surface area contributed by atoms with E-state index in [1.807, 2.05) is 41.2 Å². The van der Waals surface area contributed by atoms with Crippen molar-refractivity contribution in [2.45, 2.75) is 6.61 Å². The number of H-pyrrole nitrogens is 1. The fourth-order valence-corrected chi connectivity index (χ4v) is 3.75. The van der Waals surface area contributed by atoms with E-state index in [0.717, 1.165) is 43.9 Å². The van der Waals surface area contributed by atoms with Crippen molar-refractivity contribution in [2.75, 3.05) is 0 Å². The first-order chi connectivity index (χ1) is 12.3. The molecule has 5 nitrogen and oxygen atoms in total. The SMILES string of the molecule is OCc1cc(-c2ccc3nc(-c4cnc5[nH]ccc5c4)cn3c2)cs1. The van der Waals surface area contributed by atoms with Crippen molar-refractivity contribution in [3.05, 3.63) is 65.4 Å². The first kappa shape index (κ1) is 14.4. The lowest BCUT2D eigenvalue weighted by Gasteiger charge is -1.99. The smallest absolute Gasteiger partial charge is 0.137 e. The Balaban J connectivity index is 1.58. The molecule has 2 N–H and O–H groups in total. The standard InChI is InChI=1S/C19H14N4OS/c24-10-16-6-15(11-25-16)13-1-2-18-22-17(9-23(18)8-13)14-5-12-3-4-20-19(12)21-7-14/h1-9,11,24H,10H2,(H,20,21). The minimum Gasteiger partial charge on any atom is -0.391 e. The summed E-state index contributed by atoms with van der Waals surface area (Å²) in [7, 11) is 0. The highest BCUT2D eigenvalue weighted by Crippen LogP contribution is 2.27. The fourth-order valence-electron chi connectivity index (χ4n) is 3.00. The van der Waals surface area contributed by atoms with E-state index in [4.69, 9.17) is 4.98 Å². The summed E-state index contributed by atoms with van der Waals surface area (Å²) < 4.78 is 2.03. The number of rotatable bonds is 3. The van der Waals surface area contributed by atoms with Gasteiger partial charge in [-0.15, -0.1) is 11.3 Å². The van der Waals surface area contributed by atoms with Crippen LogP contribution in [0.4, 0.5) is 0 Å². The zero-order chi connectivity index (χ0) is 16.8. The number of thiophene rings is 1. The van der Waals surface area contributed by atoms with E-state index in [1.54, 1.807) is 11.3 Å². The summed E-state index contributed by atoms with van der Waals surface area (Å²) in [6.07, 6.45) is 7.82. The Kier molecular flexibility index (Phi) is 3.19. The molecule has 0 aliphatic carbocycles. The maximum atomic E-state index is 9.25. The Morgan fingerprint density at radius 3 is 2.92 bits per heavy atom. The van der Waals surface area contributed by atoms with Crippen LogP contribution >= 0.6 is 11.3 Å². The van der Waals surface area contributed by atoms with Crippen LogP contribution in [-0.2, 0) is 6.61 Å². The summed E-state index contributed by atoms with van der Waals surface area (Å²) in [5.41, 5.74) is 5.88. The Bertz CT molecular complexity index is 1200. The summed E-state index contributed by atoms with van der Waals surface area (Å²) in [5, 5.41) is 12.4. The van der Waals surface area contributed by atoms with Gasteiger partial charge in [0.2, 0.25) is 0 Å². The van der Waals surface area contributed by atoms with E-state index in [9.17, 15) is 5.11 Å². The van der Waals surface area contributed by atoms with Crippen LogP contribution in [0.3, 0.4) is 0 Å². The zero-order valence-corrected chi connectivity index (χ0v) is 14.0. The second kappa shape index (κ2) is 5.54. The highest BCUT2D eigenvalue weighted by molar-refractivity contribution is 7.10. The van der Waals surface area contributed by atoms with Gasteiger partial charge in [-0.1, -0.05) is 0 Å². The zero-order valence-electron chi connectivity index (χ0n) is 13.2. The van der Waals surface area contributed by atoms with Crippen LogP contribution in [0.2, 0.25) is 0 Å². The number of hydrogen-bond donors (Lipinski definition) is 2. The number of imidazole rings is 1. The van der Waals surface area contributed by atoms with Gasteiger partial charge in [-0.2, -0.15) is 0 Å². The second-order valence-electron chi connectivity index (χ2n) is 5.91. The molecule has 0 fully saturated rings. The number of aliphatic hydroxyl groups excluding tert-OH is 1. The monoisotopic (exact) mass is 346 g/mol. The first-order valence-corrected chi connectivity index (χ1v) is 8.79. The average molecular weight is 346 g/mol. The molecule has 0 saturated heterocycles. The molecule has 0 unspecified atom stereocenters. The van der Waals surface area contributed by atoms with E-state index in [0.29, 0.717) is 0 Å². The molecule has 0 amide bonds. The van der Waals surface area contributed by atoms with Crippen molar-refractivity contribution < 1.29 is 5.11 Å². The highest BCUT2D eigenvalue weighted by Gasteiger charge is 2.08. The van der Waals surface area contributed by atoms with E-state index < -0.39 is 0 Å². The van der Waals surface area contributed by atoms with Gasteiger partial charge >= 0.3 is 0 Å². The molecule has 25 heavy (non-hydrogen) atoms.